The van der Waals surface area contributed by atoms with Gasteiger partial charge >= 0.3 is 11.8 Å². The van der Waals surface area contributed by atoms with Gasteiger partial charge in [0.25, 0.3) is 0 Å². The van der Waals surface area contributed by atoms with Crippen molar-refractivity contribution in [2.24, 2.45) is 0 Å². The molecule has 1 aliphatic heterocycles. The molecule has 0 unspecified atom stereocenters. The Balaban J connectivity index is 1.33. The van der Waals surface area contributed by atoms with Crippen LogP contribution >= 0.6 is 0 Å². The maximum absolute atomic E-state index is 11.9. The lowest BCUT2D eigenvalue weighted by atomic mass is 10.1. The van der Waals surface area contributed by atoms with Crippen molar-refractivity contribution in [3.8, 4) is 0 Å². The second-order valence-corrected chi connectivity index (χ2v) is 7.74. The van der Waals surface area contributed by atoms with Gasteiger partial charge in [-0.25, -0.2) is 0 Å². The van der Waals surface area contributed by atoms with Crippen molar-refractivity contribution in [3.05, 3.63) is 65.2 Å². The number of hydrogen-bond acceptors (Lipinski definition) is 3. The topological polar surface area (TPSA) is 61.4 Å². The van der Waals surface area contributed by atoms with Gasteiger partial charge in [0.2, 0.25) is 0 Å². The fourth-order valence-corrected chi connectivity index (χ4v) is 3.57. The summed E-state index contributed by atoms with van der Waals surface area (Å²) >= 11 is 0. The van der Waals surface area contributed by atoms with E-state index in [1.54, 1.807) is 0 Å². The third kappa shape index (κ3) is 6.63. The molecule has 1 saturated heterocycles. The zero-order valence-electron chi connectivity index (χ0n) is 17.2. The molecule has 2 N–H and O–H groups in total. The predicted molar refractivity (Wildman–Crippen MR) is 117 cm³/mol. The highest BCUT2D eigenvalue weighted by molar-refractivity contribution is 6.35. The second-order valence-electron chi connectivity index (χ2n) is 7.74. The van der Waals surface area contributed by atoms with Crippen molar-refractivity contribution < 1.29 is 9.59 Å². The Morgan fingerprint density at radius 2 is 1.45 bits per heavy atom. The Bertz CT molecular complexity index is 794. The van der Waals surface area contributed by atoms with E-state index in [0.29, 0.717) is 13.1 Å². The van der Waals surface area contributed by atoms with E-state index in [1.807, 2.05) is 31.2 Å². The van der Waals surface area contributed by atoms with Gasteiger partial charge in [0.15, 0.2) is 0 Å². The van der Waals surface area contributed by atoms with Gasteiger partial charge in [-0.15, -0.1) is 0 Å². The van der Waals surface area contributed by atoms with Crippen LogP contribution in [0.2, 0.25) is 0 Å². The summed E-state index contributed by atoms with van der Waals surface area (Å²) in [5.74, 6) is -1.16. The van der Waals surface area contributed by atoms with Gasteiger partial charge in [-0.3, -0.25) is 9.59 Å². The van der Waals surface area contributed by atoms with Crippen molar-refractivity contribution >= 4 is 17.5 Å². The van der Waals surface area contributed by atoms with E-state index in [0.717, 1.165) is 31.5 Å². The maximum Gasteiger partial charge on any atom is 0.309 e. The largest absolute Gasteiger partial charge is 0.372 e. The summed E-state index contributed by atoms with van der Waals surface area (Å²) in [5.41, 5.74) is 4.69. The number of carbonyl (C=O) groups is 2. The highest BCUT2D eigenvalue weighted by Crippen LogP contribution is 2.20. The van der Waals surface area contributed by atoms with Gasteiger partial charge in [0.05, 0.1) is 0 Å². The monoisotopic (exact) mass is 393 g/mol. The van der Waals surface area contributed by atoms with Crippen LogP contribution in [0, 0.1) is 6.92 Å². The van der Waals surface area contributed by atoms with E-state index < -0.39 is 11.8 Å². The minimum atomic E-state index is -0.587. The number of nitrogens with one attached hydrogen (secondary N) is 2. The first-order chi connectivity index (χ1) is 14.1. The van der Waals surface area contributed by atoms with E-state index in [4.69, 9.17) is 0 Å². The number of anilines is 1. The summed E-state index contributed by atoms with van der Waals surface area (Å²) in [7, 11) is 0. The number of amides is 2. The molecule has 1 fully saturated rings. The summed E-state index contributed by atoms with van der Waals surface area (Å²) in [6.07, 6.45) is 5.58. The van der Waals surface area contributed by atoms with Crippen LogP contribution in [-0.4, -0.2) is 31.4 Å². The van der Waals surface area contributed by atoms with Crippen molar-refractivity contribution in [1.29, 1.82) is 0 Å². The molecule has 2 aromatic carbocycles. The van der Waals surface area contributed by atoms with Gasteiger partial charge in [-0.2, -0.15) is 0 Å². The molecule has 0 bridgehead atoms. The summed E-state index contributed by atoms with van der Waals surface area (Å²) < 4.78 is 0. The predicted octanol–water partition coefficient (Wildman–Crippen LogP) is 3.35. The lowest BCUT2D eigenvalue weighted by molar-refractivity contribution is -0.139. The molecule has 5 heteroatoms. The number of benzene rings is 2. The van der Waals surface area contributed by atoms with Crippen molar-refractivity contribution in [1.82, 2.24) is 10.6 Å². The van der Waals surface area contributed by atoms with Gasteiger partial charge in [-0.1, -0.05) is 42.0 Å². The normalized spacial score (nSPS) is 13.8. The third-order valence-electron chi connectivity index (χ3n) is 5.37. The summed E-state index contributed by atoms with van der Waals surface area (Å²) in [4.78, 5) is 26.3. The fraction of sp³-hybridized carbons (Fsp3) is 0.417. The Morgan fingerprint density at radius 3 is 2.14 bits per heavy atom. The molecular formula is C24H31N3O2. The molecule has 29 heavy (non-hydrogen) atoms. The second kappa shape index (κ2) is 10.6. The zero-order valence-corrected chi connectivity index (χ0v) is 17.2. The number of hydrogen-bond donors (Lipinski definition) is 2. The maximum atomic E-state index is 11.9. The molecule has 0 radical (unpaired) electrons. The molecular weight excluding hydrogens is 362 g/mol. The standard InChI is InChI=1S/C24H31N3O2/c1-19-7-9-21(10-8-19)18-26-24(29)23(28)25-15-5-6-20-11-13-22(14-12-20)27-16-3-2-4-17-27/h7-14H,2-6,15-18H2,1H3,(H,25,28)(H,26,29). The Morgan fingerprint density at radius 1 is 0.828 bits per heavy atom. The fourth-order valence-electron chi connectivity index (χ4n) is 3.57. The van der Waals surface area contributed by atoms with E-state index in [1.165, 1.54) is 36.1 Å². The minimum absolute atomic E-state index is 0.357. The SMILES string of the molecule is Cc1ccc(CNC(=O)C(=O)NCCCc2ccc(N3CCCCC3)cc2)cc1. The molecule has 3 rings (SSSR count). The van der Waals surface area contributed by atoms with E-state index in [-0.39, 0.29) is 0 Å². The zero-order chi connectivity index (χ0) is 20.5. The highest BCUT2D eigenvalue weighted by Gasteiger charge is 2.12. The first-order valence-corrected chi connectivity index (χ1v) is 10.6. The van der Waals surface area contributed by atoms with Gasteiger partial charge in [0, 0.05) is 31.9 Å². The van der Waals surface area contributed by atoms with Crippen LogP contribution in [0.5, 0.6) is 0 Å². The Labute approximate surface area is 173 Å². The number of rotatable bonds is 7. The van der Waals surface area contributed by atoms with E-state index >= 15 is 0 Å². The van der Waals surface area contributed by atoms with Crippen molar-refractivity contribution in [3.63, 3.8) is 0 Å². The number of nitrogens with zero attached hydrogens (tertiary/aromatic N) is 1. The summed E-state index contributed by atoms with van der Waals surface area (Å²) in [5, 5.41) is 5.36. The highest BCUT2D eigenvalue weighted by atomic mass is 16.2. The number of aryl methyl sites for hydroxylation is 2. The van der Waals surface area contributed by atoms with Crippen LogP contribution in [0.4, 0.5) is 5.69 Å². The van der Waals surface area contributed by atoms with Crippen molar-refractivity contribution in [2.45, 2.75) is 45.6 Å². The molecule has 0 aromatic heterocycles. The van der Waals surface area contributed by atoms with E-state index in [2.05, 4.69) is 39.8 Å². The lowest BCUT2D eigenvalue weighted by Crippen LogP contribution is -2.40. The summed E-state index contributed by atoms with van der Waals surface area (Å²) in [6, 6.07) is 16.6. The third-order valence-corrected chi connectivity index (χ3v) is 5.37. The molecule has 5 nitrogen and oxygen atoms in total. The van der Waals surface area contributed by atoms with Crippen LogP contribution in [0.15, 0.2) is 48.5 Å². The van der Waals surface area contributed by atoms with Crippen molar-refractivity contribution in [2.75, 3.05) is 24.5 Å². The molecule has 0 spiro atoms. The van der Waals surface area contributed by atoms with Crippen LogP contribution in [0.25, 0.3) is 0 Å². The molecule has 1 aliphatic rings. The molecule has 0 saturated carbocycles. The van der Waals surface area contributed by atoms with Crippen LogP contribution in [0.3, 0.4) is 0 Å². The average Bonchev–Trinajstić information content (AvgIpc) is 2.77. The Hall–Kier alpha value is -2.82. The first kappa shape index (κ1) is 20.9. The molecule has 2 aromatic rings. The van der Waals surface area contributed by atoms with Crippen LogP contribution in [0.1, 0.15) is 42.4 Å². The average molecular weight is 394 g/mol. The van der Waals surface area contributed by atoms with Gasteiger partial charge in [-0.05, 0) is 62.3 Å². The van der Waals surface area contributed by atoms with Crippen LogP contribution < -0.4 is 15.5 Å². The lowest BCUT2D eigenvalue weighted by Gasteiger charge is -2.28. The molecule has 0 aliphatic carbocycles. The molecule has 154 valence electrons. The minimum Gasteiger partial charge on any atom is -0.372 e. The Kier molecular flexibility index (Phi) is 7.68. The number of piperidine rings is 1. The van der Waals surface area contributed by atoms with Crippen LogP contribution in [-0.2, 0) is 22.6 Å². The molecule has 1 heterocycles. The first-order valence-electron chi connectivity index (χ1n) is 10.6. The molecule has 0 atom stereocenters. The van der Waals surface area contributed by atoms with Gasteiger partial charge < -0.3 is 15.5 Å². The quantitative estimate of drug-likeness (QED) is 0.560. The summed E-state index contributed by atoms with van der Waals surface area (Å²) in [6.45, 7) is 5.16. The smallest absolute Gasteiger partial charge is 0.309 e. The number of carbonyl (C=O) groups excluding carboxylic acids is 2. The van der Waals surface area contributed by atoms with Gasteiger partial charge in [0.1, 0.15) is 0 Å². The van der Waals surface area contributed by atoms with E-state index in [9.17, 15) is 9.59 Å². The molecule has 2 amide bonds.